The summed E-state index contributed by atoms with van der Waals surface area (Å²) in [4.78, 5) is 27.4. The van der Waals surface area contributed by atoms with Gasteiger partial charge in [0.1, 0.15) is 29.8 Å². The molecule has 0 saturated carbocycles. The first-order valence-corrected chi connectivity index (χ1v) is 13.3. The van der Waals surface area contributed by atoms with Crippen molar-refractivity contribution in [2.24, 2.45) is 0 Å². The minimum absolute atomic E-state index is 0.0313. The Balaban J connectivity index is 1.30. The number of nitrogens with two attached hydrogens (primary N) is 1. The molecule has 208 valence electrons. The van der Waals surface area contributed by atoms with Crippen LogP contribution in [0.1, 0.15) is 18.0 Å². The maximum atomic E-state index is 15.5. The van der Waals surface area contributed by atoms with Gasteiger partial charge in [-0.05, 0) is 41.8 Å². The third kappa shape index (κ3) is 5.36. The molecule has 0 bridgehead atoms. The fraction of sp³-hybridized carbons (Fsp3) is 0.194. The predicted octanol–water partition coefficient (Wildman–Crippen LogP) is 5.69. The molecule has 6 rings (SSSR count). The van der Waals surface area contributed by atoms with Gasteiger partial charge in [0.25, 0.3) is 5.56 Å². The second-order valence-electron chi connectivity index (χ2n) is 9.91. The third-order valence-corrected chi connectivity index (χ3v) is 7.25. The highest BCUT2D eigenvalue weighted by Crippen LogP contribution is 2.37. The average Bonchev–Trinajstić information content (AvgIpc) is 3.41. The van der Waals surface area contributed by atoms with Crippen molar-refractivity contribution < 1.29 is 18.7 Å². The summed E-state index contributed by atoms with van der Waals surface area (Å²) in [6.45, 7) is 0.353. The van der Waals surface area contributed by atoms with Gasteiger partial charge in [-0.25, -0.2) is 14.3 Å². The largest absolute Gasteiger partial charge is 0.457 e. The lowest BCUT2D eigenvalue weighted by Crippen LogP contribution is -2.45. The number of nitrogen functional groups attached to an aromatic ring is 1. The van der Waals surface area contributed by atoms with Crippen molar-refractivity contribution >= 4 is 22.8 Å². The van der Waals surface area contributed by atoms with Gasteiger partial charge in [0.15, 0.2) is 5.82 Å². The molecular weight excluding hydrogens is 525 g/mol. The number of ether oxygens (including phenoxy) is 2. The summed E-state index contributed by atoms with van der Waals surface area (Å²) in [6, 6.07) is 25.2. The van der Waals surface area contributed by atoms with E-state index < -0.39 is 23.9 Å². The minimum atomic E-state index is -1.30. The molecule has 1 aliphatic heterocycles. The highest BCUT2D eigenvalue weighted by molar-refractivity contribution is 6.02. The number of alkyl halides is 1. The van der Waals surface area contributed by atoms with E-state index >= 15 is 4.39 Å². The molecule has 2 aromatic heterocycles. The Morgan fingerprint density at radius 2 is 1.68 bits per heavy atom. The number of para-hydroxylation sites is 1. The fourth-order valence-corrected chi connectivity index (χ4v) is 5.18. The number of H-pyrrole nitrogens is 1. The van der Waals surface area contributed by atoms with E-state index in [0.29, 0.717) is 22.4 Å². The summed E-state index contributed by atoms with van der Waals surface area (Å²) in [5.41, 5.74) is 8.17. The number of carbonyl (C=O) groups is 1. The molecule has 1 aliphatic rings. The number of rotatable bonds is 6. The summed E-state index contributed by atoms with van der Waals surface area (Å²) in [7, 11) is 0. The molecule has 2 atom stereocenters. The van der Waals surface area contributed by atoms with Crippen molar-refractivity contribution in [3.05, 3.63) is 107 Å². The van der Waals surface area contributed by atoms with Crippen molar-refractivity contribution in [1.29, 1.82) is 0 Å². The van der Waals surface area contributed by atoms with Gasteiger partial charge in [-0.15, -0.1) is 0 Å². The lowest BCUT2D eigenvalue weighted by Gasteiger charge is -2.35. The molecule has 1 amide bonds. The van der Waals surface area contributed by atoms with Crippen LogP contribution in [0.5, 0.6) is 11.5 Å². The number of nitrogens with one attached hydrogen (secondary N) is 1. The second kappa shape index (κ2) is 11.2. The number of aromatic amines is 1. The van der Waals surface area contributed by atoms with E-state index in [2.05, 4.69) is 10.2 Å². The maximum Gasteiger partial charge on any atom is 0.410 e. The molecular formula is C31H28FN5O4. The number of hydrogen-bond donors (Lipinski definition) is 2. The topological polar surface area (TPSA) is 115 Å². The molecule has 0 aliphatic carbocycles. The lowest BCUT2D eigenvalue weighted by atomic mass is 10.0. The number of fused-ring (bicyclic) bond motifs is 1. The Bertz CT molecular complexity index is 1720. The SMILES string of the molecule is Nc1n[nH]c(=O)c2c1c(-c1ccc(Oc3ccccc3)cc1)cn2C1CN(C(=O)OCc2ccccc2)CCC1F. The van der Waals surface area contributed by atoms with Gasteiger partial charge in [0.05, 0.1) is 11.4 Å². The lowest BCUT2D eigenvalue weighted by molar-refractivity contribution is 0.0577. The Hall–Kier alpha value is -5.12. The van der Waals surface area contributed by atoms with Crippen molar-refractivity contribution in [3.8, 4) is 22.6 Å². The zero-order valence-electron chi connectivity index (χ0n) is 22.1. The summed E-state index contributed by atoms with van der Waals surface area (Å²) in [5, 5.41) is 6.79. The van der Waals surface area contributed by atoms with E-state index in [1.54, 1.807) is 10.8 Å². The predicted molar refractivity (Wildman–Crippen MR) is 153 cm³/mol. The van der Waals surface area contributed by atoms with Crippen molar-refractivity contribution in [2.45, 2.75) is 25.2 Å². The summed E-state index contributed by atoms with van der Waals surface area (Å²) in [5.74, 6) is 1.45. The number of piperidine rings is 1. The molecule has 3 heterocycles. The van der Waals surface area contributed by atoms with Gasteiger partial charge in [-0.2, -0.15) is 5.10 Å². The summed E-state index contributed by atoms with van der Waals surface area (Å²) in [6.07, 6.45) is -0.0240. The number of anilines is 1. The standard InChI is InChI=1S/C31H28FN5O4/c32-25-15-16-36(31(39)40-19-20-7-3-1-4-8-20)18-26(25)37-17-24(27-28(37)30(38)35-34-29(27)33)21-11-13-23(14-12-21)41-22-9-5-2-6-10-22/h1-14,17,25-26H,15-16,18-19H2,(H2,33,34)(H,35,38). The minimum Gasteiger partial charge on any atom is -0.457 e. The van der Waals surface area contributed by atoms with Crippen molar-refractivity contribution in [3.63, 3.8) is 0 Å². The first-order valence-electron chi connectivity index (χ1n) is 13.3. The van der Waals surface area contributed by atoms with E-state index in [9.17, 15) is 9.59 Å². The fourth-order valence-electron chi connectivity index (χ4n) is 5.18. The van der Waals surface area contributed by atoms with Crippen LogP contribution in [0.4, 0.5) is 15.0 Å². The zero-order valence-corrected chi connectivity index (χ0v) is 22.1. The van der Waals surface area contributed by atoms with Gasteiger partial charge < -0.3 is 24.7 Å². The Morgan fingerprint density at radius 1 is 1.00 bits per heavy atom. The molecule has 41 heavy (non-hydrogen) atoms. The highest BCUT2D eigenvalue weighted by atomic mass is 19.1. The number of aromatic nitrogens is 3. The second-order valence-corrected chi connectivity index (χ2v) is 9.91. The van der Waals surface area contributed by atoms with Crippen molar-refractivity contribution in [2.75, 3.05) is 18.8 Å². The van der Waals surface area contributed by atoms with E-state index in [0.717, 1.165) is 11.1 Å². The normalized spacial score (nSPS) is 17.0. The van der Waals surface area contributed by atoms with Gasteiger partial charge in [0.2, 0.25) is 0 Å². The molecule has 1 fully saturated rings. The number of amides is 1. The van der Waals surface area contributed by atoms with Crippen molar-refractivity contribution in [1.82, 2.24) is 19.7 Å². The van der Waals surface area contributed by atoms with E-state index in [1.165, 1.54) is 4.90 Å². The average molecular weight is 554 g/mol. The van der Waals surface area contributed by atoms with Gasteiger partial charge in [-0.1, -0.05) is 60.7 Å². The van der Waals surface area contributed by atoms with Crippen LogP contribution in [-0.2, 0) is 11.3 Å². The van der Waals surface area contributed by atoms with E-state index in [-0.39, 0.29) is 37.5 Å². The Morgan fingerprint density at radius 3 is 2.41 bits per heavy atom. The number of benzene rings is 3. The molecule has 5 aromatic rings. The highest BCUT2D eigenvalue weighted by Gasteiger charge is 2.35. The maximum absolute atomic E-state index is 15.5. The molecule has 9 nitrogen and oxygen atoms in total. The van der Waals surface area contributed by atoms with Crippen LogP contribution in [0.15, 0.2) is 95.9 Å². The molecule has 0 radical (unpaired) electrons. The third-order valence-electron chi connectivity index (χ3n) is 7.25. The smallest absolute Gasteiger partial charge is 0.410 e. The van der Waals surface area contributed by atoms with Gasteiger partial charge >= 0.3 is 6.09 Å². The van der Waals surface area contributed by atoms with Gasteiger partial charge in [0, 0.05) is 24.8 Å². The first kappa shape index (κ1) is 26.1. The summed E-state index contributed by atoms with van der Waals surface area (Å²) < 4.78 is 28.4. The number of likely N-dealkylation sites (tertiary alicyclic amines) is 1. The quantitative estimate of drug-likeness (QED) is 0.279. The number of hydrogen-bond acceptors (Lipinski definition) is 6. The van der Waals surface area contributed by atoms with E-state index in [4.69, 9.17) is 15.2 Å². The number of carbonyl (C=O) groups excluding carboxylic acids is 1. The summed E-state index contributed by atoms with van der Waals surface area (Å²) >= 11 is 0. The van der Waals surface area contributed by atoms with Crippen LogP contribution in [0.3, 0.4) is 0 Å². The first-order chi connectivity index (χ1) is 20.0. The van der Waals surface area contributed by atoms with Crippen LogP contribution in [0.25, 0.3) is 22.0 Å². The molecule has 2 unspecified atom stereocenters. The van der Waals surface area contributed by atoms with Crippen LogP contribution >= 0.6 is 0 Å². The molecule has 3 aromatic carbocycles. The zero-order chi connectivity index (χ0) is 28.3. The molecule has 0 spiro atoms. The van der Waals surface area contributed by atoms with Gasteiger partial charge in [-0.3, -0.25) is 4.79 Å². The van der Waals surface area contributed by atoms with Crippen LogP contribution in [-0.4, -0.2) is 45.0 Å². The number of nitrogens with zero attached hydrogens (tertiary/aromatic N) is 3. The van der Waals surface area contributed by atoms with E-state index in [1.807, 2.05) is 84.9 Å². The molecule has 1 saturated heterocycles. The van der Waals surface area contributed by atoms with Crippen LogP contribution in [0.2, 0.25) is 0 Å². The molecule has 10 heteroatoms. The Kier molecular flexibility index (Phi) is 7.11. The van der Waals surface area contributed by atoms with Crippen LogP contribution in [0, 0.1) is 0 Å². The monoisotopic (exact) mass is 553 g/mol. The van der Waals surface area contributed by atoms with Crippen LogP contribution < -0.4 is 16.0 Å². The molecule has 3 N–H and O–H groups in total. The number of halogens is 1. The Labute approximate surface area is 234 Å².